The average molecular weight is 473 g/mol. The molecular formula is C22H30F2N2O5S. The Hall–Kier alpha value is -2.07. The summed E-state index contributed by atoms with van der Waals surface area (Å²) in [6.45, 7) is 3.72. The van der Waals surface area contributed by atoms with E-state index in [1.807, 2.05) is 0 Å². The molecule has 3 rings (SSSR count). The first-order valence-electron chi connectivity index (χ1n) is 11.1. The van der Waals surface area contributed by atoms with Gasteiger partial charge in [0.1, 0.15) is 0 Å². The van der Waals surface area contributed by atoms with Gasteiger partial charge in [0.15, 0.2) is 17.7 Å². The molecule has 32 heavy (non-hydrogen) atoms. The lowest BCUT2D eigenvalue weighted by molar-refractivity contribution is -0.160. The fourth-order valence-corrected chi connectivity index (χ4v) is 5.76. The number of nitrogens with one attached hydrogen (secondary N) is 1. The summed E-state index contributed by atoms with van der Waals surface area (Å²) in [6.07, 6.45) is 3.70. The van der Waals surface area contributed by atoms with Gasteiger partial charge in [0, 0.05) is 19.1 Å². The van der Waals surface area contributed by atoms with Gasteiger partial charge in [0.2, 0.25) is 10.0 Å². The van der Waals surface area contributed by atoms with Crippen molar-refractivity contribution in [3.63, 3.8) is 0 Å². The van der Waals surface area contributed by atoms with Crippen LogP contribution in [0.1, 0.15) is 52.4 Å². The predicted octanol–water partition coefficient (Wildman–Crippen LogP) is 2.99. The Kier molecular flexibility index (Phi) is 7.87. The van der Waals surface area contributed by atoms with Crippen LogP contribution < -0.4 is 5.32 Å². The van der Waals surface area contributed by atoms with E-state index in [9.17, 15) is 26.8 Å². The van der Waals surface area contributed by atoms with Crippen molar-refractivity contribution in [2.75, 3.05) is 13.1 Å². The quantitative estimate of drug-likeness (QED) is 0.643. The van der Waals surface area contributed by atoms with Crippen LogP contribution in [0.3, 0.4) is 0 Å². The van der Waals surface area contributed by atoms with Crippen LogP contribution in [-0.2, 0) is 24.3 Å². The lowest BCUT2D eigenvalue weighted by Crippen LogP contribution is -2.47. The minimum atomic E-state index is -4.00. The second-order valence-electron chi connectivity index (χ2n) is 8.71. The molecule has 1 saturated carbocycles. The number of sulfonamides is 1. The molecule has 10 heteroatoms. The minimum absolute atomic E-state index is 0.0429. The molecule has 1 amide bonds. The Bertz CT molecular complexity index is 948. The molecule has 3 unspecified atom stereocenters. The van der Waals surface area contributed by atoms with Gasteiger partial charge >= 0.3 is 5.97 Å². The molecule has 1 N–H and O–H groups in total. The van der Waals surface area contributed by atoms with Gasteiger partial charge in [-0.3, -0.25) is 9.59 Å². The number of esters is 1. The Morgan fingerprint density at radius 2 is 1.75 bits per heavy atom. The SMILES string of the molecule is CC(OC(=O)C1CCN(S(=O)(=O)c2ccc(F)c(F)c2)CC1)C(=O)NC1CCCCC1C. The van der Waals surface area contributed by atoms with Crippen LogP contribution in [0.4, 0.5) is 8.78 Å². The predicted molar refractivity (Wildman–Crippen MR) is 113 cm³/mol. The van der Waals surface area contributed by atoms with E-state index in [0.29, 0.717) is 12.0 Å². The molecule has 178 valence electrons. The van der Waals surface area contributed by atoms with Crippen LogP contribution in [0.2, 0.25) is 0 Å². The highest BCUT2D eigenvalue weighted by atomic mass is 32.2. The van der Waals surface area contributed by atoms with Gasteiger partial charge in [-0.2, -0.15) is 4.31 Å². The number of ether oxygens (including phenoxy) is 1. The number of hydrogen-bond donors (Lipinski definition) is 1. The van der Waals surface area contributed by atoms with Crippen molar-refractivity contribution < 1.29 is 31.5 Å². The molecule has 1 heterocycles. The van der Waals surface area contributed by atoms with Crippen molar-refractivity contribution in [2.45, 2.75) is 69.4 Å². The Labute approximate surface area is 187 Å². The van der Waals surface area contributed by atoms with Crippen LogP contribution >= 0.6 is 0 Å². The molecule has 1 aromatic rings. The zero-order valence-electron chi connectivity index (χ0n) is 18.4. The van der Waals surface area contributed by atoms with Gasteiger partial charge in [-0.25, -0.2) is 17.2 Å². The maximum atomic E-state index is 13.4. The number of carbonyl (C=O) groups excluding carboxylic acids is 2. The first kappa shape index (κ1) is 24.6. The Balaban J connectivity index is 1.51. The van der Waals surface area contributed by atoms with Gasteiger partial charge in [0.25, 0.3) is 5.91 Å². The number of hydrogen-bond acceptors (Lipinski definition) is 5. The number of benzene rings is 1. The van der Waals surface area contributed by atoms with E-state index in [1.165, 1.54) is 6.92 Å². The summed E-state index contributed by atoms with van der Waals surface area (Å²) in [5, 5.41) is 2.97. The molecule has 1 aliphatic carbocycles. The van der Waals surface area contributed by atoms with Crippen LogP contribution in [0.15, 0.2) is 23.1 Å². The molecule has 7 nitrogen and oxygen atoms in total. The third-order valence-electron chi connectivity index (χ3n) is 6.42. The fraction of sp³-hybridized carbons (Fsp3) is 0.636. The topological polar surface area (TPSA) is 92.8 Å². The lowest BCUT2D eigenvalue weighted by Gasteiger charge is -2.32. The number of amides is 1. The summed E-state index contributed by atoms with van der Waals surface area (Å²) in [7, 11) is -4.00. The van der Waals surface area contributed by atoms with Gasteiger partial charge in [-0.1, -0.05) is 19.8 Å². The summed E-state index contributed by atoms with van der Waals surface area (Å²) in [5.74, 6) is -3.36. The van der Waals surface area contributed by atoms with E-state index in [1.54, 1.807) is 0 Å². The molecule has 1 saturated heterocycles. The molecule has 1 aliphatic heterocycles. The first-order valence-corrected chi connectivity index (χ1v) is 12.5. The largest absolute Gasteiger partial charge is 0.452 e. The third kappa shape index (κ3) is 5.64. The van der Waals surface area contributed by atoms with Gasteiger partial charge in [-0.15, -0.1) is 0 Å². The summed E-state index contributed by atoms with van der Waals surface area (Å²) < 4.78 is 58.4. The number of nitrogens with zero attached hydrogens (tertiary/aromatic N) is 1. The highest BCUT2D eigenvalue weighted by Crippen LogP contribution is 2.26. The normalized spacial score (nSPS) is 24.0. The van der Waals surface area contributed by atoms with E-state index in [2.05, 4.69) is 12.2 Å². The molecule has 2 aliphatic rings. The molecule has 3 atom stereocenters. The molecule has 0 aromatic heterocycles. The van der Waals surface area contributed by atoms with Crippen molar-refractivity contribution in [3.05, 3.63) is 29.8 Å². The van der Waals surface area contributed by atoms with Gasteiger partial charge in [0.05, 0.1) is 10.8 Å². The van der Waals surface area contributed by atoms with Crippen molar-refractivity contribution in [2.24, 2.45) is 11.8 Å². The number of carbonyl (C=O) groups is 2. The Morgan fingerprint density at radius 3 is 2.38 bits per heavy atom. The average Bonchev–Trinajstić information content (AvgIpc) is 2.77. The van der Waals surface area contributed by atoms with Gasteiger partial charge < -0.3 is 10.1 Å². The summed E-state index contributed by atoms with van der Waals surface area (Å²) >= 11 is 0. The highest BCUT2D eigenvalue weighted by Gasteiger charge is 2.34. The maximum Gasteiger partial charge on any atom is 0.309 e. The molecule has 1 aromatic carbocycles. The molecule has 0 spiro atoms. The zero-order valence-corrected chi connectivity index (χ0v) is 19.2. The van der Waals surface area contributed by atoms with Crippen molar-refractivity contribution >= 4 is 21.9 Å². The summed E-state index contributed by atoms with van der Waals surface area (Å²) in [5.41, 5.74) is 0. The zero-order chi connectivity index (χ0) is 23.5. The summed E-state index contributed by atoms with van der Waals surface area (Å²) in [6, 6.07) is 2.52. The molecular weight excluding hydrogens is 442 g/mol. The second kappa shape index (κ2) is 10.2. The smallest absolute Gasteiger partial charge is 0.309 e. The van der Waals surface area contributed by atoms with E-state index in [4.69, 9.17) is 4.74 Å². The third-order valence-corrected chi connectivity index (χ3v) is 8.31. The highest BCUT2D eigenvalue weighted by molar-refractivity contribution is 7.89. The van der Waals surface area contributed by atoms with Crippen molar-refractivity contribution in [1.29, 1.82) is 0 Å². The molecule has 0 bridgehead atoms. The fourth-order valence-electron chi connectivity index (χ4n) is 4.27. The molecule has 0 radical (unpaired) electrons. The van der Waals surface area contributed by atoms with E-state index < -0.39 is 39.6 Å². The van der Waals surface area contributed by atoms with Crippen LogP contribution in [-0.4, -0.2) is 49.8 Å². The first-order chi connectivity index (χ1) is 15.1. The molecule has 2 fully saturated rings. The van der Waals surface area contributed by atoms with Crippen molar-refractivity contribution in [3.8, 4) is 0 Å². The standard InChI is InChI=1S/C22H30F2N2O5S/c1-14-5-3-4-6-20(14)25-21(27)15(2)31-22(28)16-9-11-26(12-10-16)32(29,30)17-7-8-18(23)19(24)13-17/h7-8,13-16,20H,3-6,9-12H2,1-2H3,(H,25,27). The lowest BCUT2D eigenvalue weighted by atomic mass is 9.86. The maximum absolute atomic E-state index is 13.4. The van der Waals surface area contributed by atoms with E-state index in [0.717, 1.165) is 42.1 Å². The van der Waals surface area contributed by atoms with Crippen molar-refractivity contribution in [1.82, 2.24) is 9.62 Å². The summed E-state index contributed by atoms with van der Waals surface area (Å²) in [4.78, 5) is 24.6. The monoisotopic (exact) mass is 472 g/mol. The number of piperidine rings is 1. The number of halogens is 2. The van der Waals surface area contributed by atoms with E-state index in [-0.39, 0.29) is 42.8 Å². The Morgan fingerprint density at radius 1 is 1.09 bits per heavy atom. The minimum Gasteiger partial charge on any atom is -0.452 e. The van der Waals surface area contributed by atoms with Crippen LogP contribution in [0.25, 0.3) is 0 Å². The van der Waals surface area contributed by atoms with Gasteiger partial charge in [-0.05, 0) is 56.7 Å². The van der Waals surface area contributed by atoms with Crippen LogP contribution in [0, 0.1) is 23.5 Å². The second-order valence-corrected chi connectivity index (χ2v) is 10.6. The van der Waals surface area contributed by atoms with E-state index >= 15 is 0 Å². The van der Waals surface area contributed by atoms with Crippen LogP contribution in [0.5, 0.6) is 0 Å². The number of rotatable bonds is 6.